The lowest BCUT2D eigenvalue weighted by atomic mass is 10.3. The molecule has 0 aromatic carbocycles. The van der Waals surface area contributed by atoms with Gasteiger partial charge < -0.3 is 10.1 Å². The van der Waals surface area contributed by atoms with Crippen LogP contribution in [0.5, 0.6) is 0 Å². The summed E-state index contributed by atoms with van der Waals surface area (Å²) in [4.78, 5) is 11.4. The van der Waals surface area contributed by atoms with E-state index in [4.69, 9.17) is 0 Å². The van der Waals surface area contributed by atoms with Crippen molar-refractivity contribution in [1.82, 2.24) is 5.32 Å². The first kappa shape index (κ1) is 16.7. The number of carbonyl (C=O) groups is 1. The number of hydrogen-bond acceptors (Lipinski definition) is 6. The molecule has 1 atom stereocenters. The summed E-state index contributed by atoms with van der Waals surface area (Å²) in [6, 6.07) is -0.209. The van der Waals surface area contributed by atoms with E-state index >= 15 is 0 Å². The molecular weight excluding hydrogens is 262 g/mol. The van der Waals surface area contributed by atoms with Gasteiger partial charge in [-0.3, -0.25) is 4.79 Å². The molecule has 0 fully saturated rings. The van der Waals surface area contributed by atoms with E-state index in [9.17, 15) is 13.2 Å². The Morgan fingerprint density at radius 3 is 2.41 bits per heavy atom. The second kappa shape index (κ2) is 7.94. The van der Waals surface area contributed by atoms with E-state index in [1.807, 2.05) is 13.8 Å². The lowest BCUT2D eigenvalue weighted by Crippen LogP contribution is -2.43. The SMILES string of the molecule is COC(=O)C(CSCCS(C)(=O)=O)NC(C)C. The summed E-state index contributed by atoms with van der Waals surface area (Å²) in [6.07, 6.45) is 1.21. The maximum absolute atomic E-state index is 11.4. The molecule has 0 aliphatic rings. The molecule has 5 nitrogen and oxygen atoms in total. The van der Waals surface area contributed by atoms with E-state index in [2.05, 4.69) is 10.1 Å². The second-order valence-electron chi connectivity index (χ2n) is 4.10. The quantitative estimate of drug-likeness (QED) is 0.510. The van der Waals surface area contributed by atoms with Crippen LogP contribution in [0.4, 0.5) is 0 Å². The van der Waals surface area contributed by atoms with Crippen LogP contribution in [-0.2, 0) is 19.4 Å². The van der Waals surface area contributed by atoms with Crippen molar-refractivity contribution in [2.24, 2.45) is 0 Å². The minimum atomic E-state index is -2.93. The fraction of sp³-hybridized carbons (Fsp3) is 0.900. The van der Waals surface area contributed by atoms with Crippen LogP contribution in [0.25, 0.3) is 0 Å². The third-order valence-electron chi connectivity index (χ3n) is 1.90. The van der Waals surface area contributed by atoms with Gasteiger partial charge in [-0.15, -0.1) is 0 Å². The molecule has 0 aromatic rings. The Bertz CT molecular complexity index is 327. The summed E-state index contributed by atoms with van der Waals surface area (Å²) >= 11 is 1.43. The smallest absolute Gasteiger partial charge is 0.323 e. The van der Waals surface area contributed by atoms with Gasteiger partial charge in [0.2, 0.25) is 0 Å². The van der Waals surface area contributed by atoms with Gasteiger partial charge in [-0.25, -0.2) is 8.42 Å². The first-order valence-corrected chi connectivity index (χ1v) is 8.57. The molecule has 1 N–H and O–H groups in total. The summed E-state index contributed by atoms with van der Waals surface area (Å²) in [5.41, 5.74) is 0. The van der Waals surface area contributed by atoms with Crippen LogP contribution in [0.15, 0.2) is 0 Å². The molecule has 0 saturated carbocycles. The standard InChI is InChI=1S/C10H21NO4S2/c1-8(2)11-9(10(12)15-3)7-16-5-6-17(4,13)14/h8-9,11H,5-7H2,1-4H3. The van der Waals surface area contributed by atoms with E-state index in [1.165, 1.54) is 25.1 Å². The number of thioether (sulfide) groups is 1. The number of esters is 1. The first-order chi connectivity index (χ1) is 7.76. The van der Waals surface area contributed by atoms with Gasteiger partial charge in [0, 0.05) is 23.8 Å². The molecule has 0 heterocycles. The Morgan fingerprint density at radius 2 is 2.00 bits per heavy atom. The average Bonchev–Trinajstić information content (AvgIpc) is 2.19. The van der Waals surface area contributed by atoms with Crippen molar-refractivity contribution in [3.63, 3.8) is 0 Å². The predicted octanol–water partition coefficient (Wildman–Crippen LogP) is 0.304. The van der Waals surface area contributed by atoms with Crippen molar-refractivity contribution in [2.75, 3.05) is 30.6 Å². The molecule has 7 heteroatoms. The first-order valence-electron chi connectivity index (χ1n) is 5.35. The highest BCUT2D eigenvalue weighted by Gasteiger charge is 2.19. The zero-order valence-corrected chi connectivity index (χ0v) is 12.4. The maximum Gasteiger partial charge on any atom is 0.323 e. The number of ether oxygens (including phenoxy) is 1. The van der Waals surface area contributed by atoms with E-state index in [1.54, 1.807) is 0 Å². The Morgan fingerprint density at radius 1 is 1.41 bits per heavy atom. The summed E-state index contributed by atoms with van der Waals surface area (Å²) in [6.45, 7) is 3.88. The highest BCUT2D eigenvalue weighted by atomic mass is 32.2. The van der Waals surface area contributed by atoms with Gasteiger partial charge in [-0.2, -0.15) is 11.8 Å². The normalized spacial score (nSPS) is 13.7. The molecule has 0 aliphatic carbocycles. The summed E-state index contributed by atoms with van der Waals surface area (Å²) in [7, 11) is -1.58. The zero-order valence-electron chi connectivity index (χ0n) is 10.7. The van der Waals surface area contributed by atoms with Gasteiger partial charge in [-0.1, -0.05) is 13.8 Å². The number of rotatable bonds is 8. The Balaban J connectivity index is 4.04. The van der Waals surface area contributed by atoms with E-state index in [0.29, 0.717) is 11.5 Å². The summed E-state index contributed by atoms with van der Waals surface area (Å²) < 4.78 is 26.5. The third-order valence-corrected chi connectivity index (χ3v) is 4.17. The van der Waals surface area contributed by atoms with Crippen LogP contribution in [-0.4, -0.2) is 57.1 Å². The van der Waals surface area contributed by atoms with Crippen LogP contribution < -0.4 is 5.32 Å². The number of nitrogens with one attached hydrogen (secondary N) is 1. The van der Waals surface area contributed by atoms with Gasteiger partial charge >= 0.3 is 5.97 Å². The Hall–Kier alpha value is -0.270. The van der Waals surface area contributed by atoms with Crippen LogP contribution >= 0.6 is 11.8 Å². The number of sulfone groups is 1. The highest BCUT2D eigenvalue weighted by Crippen LogP contribution is 2.06. The fourth-order valence-electron chi connectivity index (χ4n) is 1.14. The van der Waals surface area contributed by atoms with Crippen LogP contribution in [0, 0.1) is 0 Å². The molecule has 17 heavy (non-hydrogen) atoms. The highest BCUT2D eigenvalue weighted by molar-refractivity contribution is 8.00. The van der Waals surface area contributed by atoms with Crippen LogP contribution in [0.1, 0.15) is 13.8 Å². The van der Waals surface area contributed by atoms with Gasteiger partial charge in [0.05, 0.1) is 12.9 Å². The minimum absolute atomic E-state index is 0.132. The van der Waals surface area contributed by atoms with E-state index in [0.717, 1.165) is 0 Å². The molecule has 1 unspecified atom stereocenters. The van der Waals surface area contributed by atoms with Crippen molar-refractivity contribution < 1.29 is 17.9 Å². The zero-order chi connectivity index (χ0) is 13.5. The molecule has 0 rings (SSSR count). The van der Waals surface area contributed by atoms with Crippen LogP contribution in [0.2, 0.25) is 0 Å². The topological polar surface area (TPSA) is 72.5 Å². The third kappa shape index (κ3) is 9.43. The Kier molecular flexibility index (Phi) is 7.82. The molecule has 0 saturated heterocycles. The van der Waals surface area contributed by atoms with Crippen molar-refractivity contribution in [3.05, 3.63) is 0 Å². The molecule has 0 spiro atoms. The Labute approximate surface area is 108 Å². The summed E-state index contributed by atoms with van der Waals surface area (Å²) in [5, 5.41) is 3.08. The van der Waals surface area contributed by atoms with Gasteiger partial charge in [0.25, 0.3) is 0 Å². The lowest BCUT2D eigenvalue weighted by molar-refractivity contribution is -0.142. The molecule has 102 valence electrons. The van der Waals surface area contributed by atoms with Gasteiger partial charge in [-0.05, 0) is 0 Å². The summed E-state index contributed by atoms with van der Waals surface area (Å²) in [5.74, 6) is 0.824. The number of hydrogen-bond donors (Lipinski definition) is 1. The van der Waals surface area contributed by atoms with Crippen molar-refractivity contribution >= 4 is 27.6 Å². The predicted molar refractivity (Wildman–Crippen MR) is 71.1 cm³/mol. The second-order valence-corrected chi connectivity index (χ2v) is 7.51. The lowest BCUT2D eigenvalue weighted by Gasteiger charge is -2.18. The monoisotopic (exact) mass is 283 g/mol. The van der Waals surface area contributed by atoms with Crippen molar-refractivity contribution in [2.45, 2.75) is 25.9 Å². The molecule has 0 bridgehead atoms. The number of carbonyl (C=O) groups excluding carboxylic acids is 1. The van der Waals surface area contributed by atoms with E-state index < -0.39 is 9.84 Å². The maximum atomic E-state index is 11.4. The number of methoxy groups -OCH3 is 1. The van der Waals surface area contributed by atoms with Crippen molar-refractivity contribution in [1.29, 1.82) is 0 Å². The average molecular weight is 283 g/mol. The molecule has 0 amide bonds. The van der Waals surface area contributed by atoms with Crippen LogP contribution in [0.3, 0.4) is 0 Å². The molecule has 0 aliphatic heterocycles. The largest absolute Gasteiger partial charge is 0.468 e. The van der Waals surface area contributed by atoms with Gasteiger partial charge in [0.15, 0.2) is 0 Å². The van der Waals surface area contributed by atoms with E-state index in [-0.39, 0.29) is 23.8 Å². The van der Waals surface area contributed by atoms with Gasteiger partial charge in [0.1, 0.15) is 15.9 Å². The molecule has 0 radical (unpaired) electrons. The molecular formula is C10H21NO4S2. The molecule has 0 aromatic heterocycles. The van der Waals surface area contributed by atoms with Crippen molar-refractivity contribution in [3.8, 4) is 0 Å². The fourth-order valence-corrected chi connectivity index (χ4v) is 3.46. The minimum Gasteiger partial charge on any atom is -0.468 e.